The van der Waals surface area contributed by atoms with Crippen molar-refractivity contribution in [2.75, 3.05) is 13.1 Å². The number of rotatable bonds is 2. The van der Waals surface area contributed by atoms with Crippen LogP contribution in [0, 0.1) is 0 Å². The zero-order valence-electron chi connectivity index (χ0n) is 8.47. The van der Waals surface area contributed by atoms with Crippen LogP contribution in [-0.4, -0.2) is 18.1 Å². The number of aromatic nitrogens is 1. The van der Waals surface area contributed by atoms with Gasteiger partial charge in [-0.3, -0.25) is 4.79 Å². The van der Waals surface area contributed by atoms with Crippen molar-refractivity contribution >= 4 is 0 Å². The van der Waals surface area contributed by atoms with Gasteiger partial charge in [-0.05, 0) is 25.5 Å². The van der Waals surface area contributed by atoms with E-state index in [1.54, 1.807) is 0 Å². The summed E-state index contributed by atoms with van der Waals surface area (Å²) in [6.45, 7) is 4.05. The van der Waals surface area contributed by atoms with Crippen molar-refractivity contribution in [3.8, 4) is 0 Å². The minimum absolute atomic E-state index is 0.0805. The number of aromatic amines is 1. The van der Waals surface area contributed by atoms with Crippen molar-refractivity contribution < 1.29 is 0 Å². The van der Waals surface area contributed by atoms with Crippen LogP contribution >= 0.6 is 0 Å². The summed E-state index contributed by atoms with van der Waals surface area (Å²) in [5.74, 6) is 0.494. The molecule has 0 aromatic carbocycles. The number of pyridine rings is 1. The van der Waals surface area contributed by atoms with E-state index in [0.29, 0.717) is 5.92 Å². The molecule has 3 nitrogen and oxygen atoms in total. The van der Waals surface area contributed by atoms with Gasteiger partial charge in [0.1, 0.15) is 0 Å². The molecule has 1 aromatic rings. The van der Waals surface area contributed by atoms with Gasteiger partial charge in [0, 0.05) is 23.7 Å². The largest absolute Gasteiger partial charge is 0.326 e. The second-order valence-electron chi connectivity index (χ2n) is 3.81. The summed E-state index contributed by atoms with van der Waals surface area (Å²) < 4.78 is 0. The number of aryl methyl sites for hydroxylation is 1. The predicted molar refractivity (Wildman–Crippen MR) is 56.7 cm³/mol. The summed E-state index contributed by atoms with van der Waals surface area (Å²) >= 11 is 0. The highest BCUT2D eigenvalue weighted by Crippen LogP contribution is 2.19. The fourth-order valence-corrected chi connectivity index (χ4v) is 1.96. The molecular formula is C11H16N2O. The van der Waals surface area contributed by atoms with E-state index < -0.39 is 0 Å². The summed E-state index contributed by atoms with van der Waals surface area (Å²) in [6.07, 6.45) is 1.93. The van der Waals surface area contributed by atoms with Crippen LogP contribution in [0.4, 0.5) is 0 Å². The van der Waals surface area contributed by atoms with Gasteiger partial charge in [-0.15, -0.1) is 0 Å². The minimum Gasteiger partial charge on any atom is -0.326 e. The summed E-state index contributed by atoms with van der Waals surface area (Å²) in [5, 5.41) is 3.30. The second-order valence-corrected chi connectivity index (χ2v) is 3.81. The van der Waals surface area contributed by atoms with Gasteiger partial charge >= 0.3 is 0 Å². The van der Waals surface area contributed by atoms with Gasteiger partial charge in [0.05, 0.1) is 0 Å². The molecule has 1 aliphatic heterocycles. The van der Waals surface area contributed by atoms with E-state index in [0.717, 1.165) is 37.2 Å². The lowest BCUT2D eigenvalue weighted by Gasteiger charge is -2.08. The number of hydrogen-bond acceptors (Lipinski definition) is 2. The van der Waals surface area contributed by atoms with Crippen LogP contribution in [-0.2, 0) is 6.42 Å². The number of nitrogens with one attached hydrogen (secondary N) is 2. The van der Waals surface area contributed by atoms with Crippen molar-refractivity contribution in [1.29, 1.82) is 0 Å². The molecule has 0 saturated carbocycles. The third-order valence-corrected chi connectivity index (χ3v) is 2.89. The lowest BCUT2D eigenvalue weighted by Crippen LogP contribution is -2.16. The van der Waals surface area contributed by atoms with Crippen molar-refractivity contribution in [2.45, 2.75) is 25.7 Å². The van der Waals surface area contributed by atoms with Crippen LogP contribution in [0.3, 0.4) is 0 Å². The van der Waals surface area contributed by atoms with E-state index in [2.05, 4.69) is 16.4 Å². The molecule has 2 N–H and O–H groups in total. The normalized spacial score (nSPS) is 21.4. The minimum atomic E-state index is 0.0805. The van der Waals surface area contributed by atoms with Gasteiger partial charge in [0.2, 0.25) is 0 Å². The predicted octanol–water partition coefficient (Wildman–Crippen LogP) is 1.01. The monoisotopic (exact) mass is 192 g/mol. The van der Waals surface area contributed by atoms with E-state index in [9.17, 15) is 4.79 Å². The Bertz CT molecular complexity index is 364. The van der Waals surface area contributed by atoms with Crippen LogP contribution in [0.15, 0.2) is 16.9 Å². The molecule has 1 saturated heterocycles. The molecule has 0 amide bonds. The molecular weight excluding hydrogens is 176 g/mol. The highest BCUT2D eigenvalue weighted by atomic mass is 16.1. The molecule has 0 aliphatic carbocycles. The molecule has 1 fully saturated rings. The Hall–Kier alpha value is -1.09. The van der Waals surface area contributed by atoms with Crippen molar-refractivity contribution in [3.63, 3.8) is 0 Å². The quantitative estimate of drug-likeness (QED) is 0.734. The Balaban J connectivity index is 2.27. The van der Waals surface area contributed by atoms with Gasteiger partial charge in [0.25, 0.3) is 5.56 Å². The molecule has 0 radical (unpaired) electrons. The third kappa shape index (κ3) is 1.73. The standard InChI is InChI=1S/C11H16N2O/c1-2-8-3-4-10(13-11(8)14)9-5-6-12-7-9/h3-4,9,12H,2,5-7H2,1H3,(H,13,14). The summed E-state index contributed by atoms with van der Waals surface area (Å²) in [7, 11) is 0. The average Bonchev–Trinajstić information content (AvgIpc) is 2.70. The molecule has 1 unspecified atom stereocenters. The number of hydrogen-bond donors (Lipinski definition) is 2. The molecule has 76 valence electrons. The first kappa shape index (κ1) is 9.46. The van der Waals surface area contributed by atoms with Gasteiger partial charge in [0.15, 0.2) is 0 Å². The molecule has 2 heterocycles. The maximum absolute atomic E-state index is 11.6. The lowest BCUT2D eigenvalue weighted by atomic mass is 10.0. The maximum Gasteiger partial charge on any atom is 0.251 e. The van der Waals surface area contributed by atoms with Crippen LogP contribution in [0.25, 0.3) is 0 Å². The van der Waals surface area contributed by atoms with E-state index in [1.807, 2.05) is 13.0 Å². The van der Waals surface area contributed by atoms with Crippen LogP contribution in [0.1, 0.15) is 30.5 Å². The molecule has 1 atom stereocenters. The average molecular weight is 192 g/mol. The Morgan fingerprint density at radius 3 is 2.93 bits per heavy atom. The van der Waals surface area contributed by atoms with Crippen LogP contribution in [0.5, 0.6) is 0 Å². The van der Waals surface area contributed by atoms with E-state index in [4.69, 9.17) is 0 Å². The number of H-pyrrole nitrogens is 1. The molecule has 0 spiro atoms. The Labute approximate surface area is 83.5 Å². The molecule has 14 heavy (non-hydrogen) atoms. The van der Waals surface area contributed by atoms with E-state index >= 15 is 0 Å². The SMILES string of the molecule is CCc1ccc(C2CCNC2)[nH]c1=O. The zero-order chi connectivity index (χ0) is 9.97. The lowest BCUT2D eigenvalue weighted by molar-refractivity contribution is 0.728. The topological polar surface area (TPSA) is 44.9 Å². The van der Waals surface area contributed by atoms with Gasteiger partial charge in [-0.1, -0.05) is 13.0 Å². The summed E-state index contributed by atoms with van der Waals surface area (Å²) in [4.78, 5) is 14.5. The molecule has 1 aliphatic rings. The van der Waals surface area contributed by atoms with Gasteiger partial charge in [-0.25, -0.2) is 0 Å². The summed E-state index contributed by atoms with van der Waals surface area (Å²) in [5.41, 5.74) is 2.04. The molecule has 1 aromatic heterocycles. The smallest absolute Gasteiger partial charge is 0.251 e. The zero-order valence-corrected chi connectivity index (χ0v) is 8.47. The van der Waals surface area contributed by atoms with E-state index in [-0.39, 0.29) is 5.56 Å². The molecule has 2 rings (SSSR count). The van der Waals surface area contributed by atoms with Gasteiger partial charge in [-0.2, -0.15) is 0 Å². The van der Waals surface area contributed by atoms with Crippen LogP contribution < -0.4 is 10.9 Å². The first-order valence-electron chi connectivity index (χ1n) is 5.24. The van der Waals surface area contributed by atoms with Crippen molar-refractivity contribution in [3.05, 3.63) is 33.7 Å². The third-order valence-electron chi connectivity index (χ3n) is 2.89. The van der Waals surface area contributed by atoms with Gasteiger partial charge < -0.3 is 10.3 Å². The van der Waals surface area contributed by atoms with Crippen molar-refractivity contribution in [1.82, 2.24) is 10.3 Å². The highest BCUT2D eigenvalue weighted by Gasteiger charge is 2.17. The highest BCUT2D eigenvalue weighted by molar-refractivity contribution is 5.18. The Morgan fingerprint density at radius 1 is 1.50 bits per heavy atom. The first-order chi connectivity index (χ1) is 6.81. The fourth-order valence-electron chi connectivity index (χ4n) is 1.96. The first-order valence-corrected chi connectivity index (χ1v) is 5.24. The maximum atomic E-state index is 11.6. The Morgan fingerprint density at radius 2 is 2.36 bits per heavy atom. The van der Waals surface area contributed by atoms with Crippen LogP contribution in [0.2, 0.25) is 0 Å². The van der Waals surface area contributed by atoms with Crippen molar-refractivity contribution in [2.24, 2.45) is 0 Å². The van der Waals surface area contributed by atoms with E-state index in [1.165, 1.54) is 0 Å². The second kappa shape index (κ2) is 3.96. The molecule has 0 bridgehead atoms. The molecule has 3 heteroatoms. The summed E-state index contributed by atoms with van der Waals surface area (Å²) in [6, 6.07) is 4.00. The Kier molecular flexibility index (Phi) is 2.68. The fraction of sp³-hybridized carbons (Fsp3) is 0.545.